The Hall–Kier alpha value is -0.560. The molecule has 0 atom stereocenters. The Bertz CT molecular complexity index is 287. The lowest BCUT2D eigenvalue weighted by Crippen LogP contribution is -1.79. The van der Waals surface area contributed by atoms with Crippen molar-refractivity contribution in [3.63, 3.8) is 0 Å². The molecule has 0 fully saturated rings. The van der Waals surface area contributed by atoms with Gasteiger partial charge in [-0.15, -0.1) is 0 Å². The third-order valence-corrected chi connectivity index (χ3v) is 2.15. The van der Waals surface area contributed by atoms with Gasteiger partial charge in [-0.25, -0.2) is 0 Å². The summed E-state index contributed by atoms with van der Waals surface area (Å²) in [6.07, 6.45) is 6.19. The first kappa shape index (κ1) is 6.17. The Balaban J connectivity index is 2.60. The van der Waals surface area contributed by atoms with Crippen LogP contribution in [-0.2, 0) is 6.42 Å². The van der Waals surface area contributed by atoms with Crippen LogP contribution in [0.25, 0.3) is 6.08 Å². The van der Waals surface area contributed by atoms with Gasteiger partial charge in [0.2, 0.25) is 0 Å². The molecular formula is C9H6Br. The molecule has 0 spiro atoms. The summed E-state index contributed by atoms with van der Waals surface area (Å²) in [6.45, 7) is 0. The van der Waals surface area contributed by atoms with E-state index in [1.54, 1.807) is 0 Å². The normalized spacial score (nSPS) is 13.7. The molecule has 0 amide bonds. The van der Waals surface area contributed by atoms with E-state index < -0.39 is 0 Å². The summed E-state index contributed by atoms with van der Waals surface area (Å²) in [6, 6.07) is 6.32. The Morgan fingerprint density at radius 3 is 3.20 bits per heavy atom. The summed E-state index contributed by atoms with van der Waals surface area (Å²) in [5.74, 6) is 0. The summed E-state index contributed by atoms with van der Waals surface area (Å²) in [4.78, 5) is 0. The molecule has 1 aliphatic rings. The lowest BCUT2D eigenvalue weighted by atomic mass is 10.1. The Labute approximate surface area is 68.7 Å². The molecule has 0 aromatic heterocycles. The van der Waals surface area contributed by atoms with Gasteiger partial charge in [0.15, 0.2) is 0 Å². The van der Waals surface area contributed by atoms with E-state index in [4.69, 9.17) is 0 Å². The molecular weight excluding hydrogens is 188 g/mol. The second-order valence-corrected chi connectivity index (χ2v) is 3.28. The molecule has 1 aromatic carbocycles. The summed E-state index contributed by atoms with van der Waals surface area (Å²) >= 11 is 3.42. The van der Waals surface area contributed by atoms with Crippen molar-refractivity contribution in [3.05, 3.63) is 39.9 Å². The van der Waals surface area contributed by atoms with E-state index in [-0.39, 0.29) is 0 Å². The minimum absolute atomic E-state index is 0.975. The standard InChI is InChI=1S/C9H6Br/c10-9-5-4-7-2-1-3-8(7)6-9/h3-6H,2H2. The fourth-order valence-corrected chi connectivity index (χ4v) is 1.51. The molecule has 0 unspecified atom stereocenters. The SMILES string of the molecule is Brc1ccc2c(c1)C=[C]C2. The summed E-state index contributed by atoms with van der Waals surface area (Å²) < 4.78 is 1.14. The van der Waals surface area contributed by atoms with E-state index in [2.05, 4.69) is 40.2 Å². The van der Waals surface area contributed by atoms with Crippen molar-refractivity contribution in [1.82, 2.24) is 0 Å². The molecule has 0 aliphatic heterocycles. The Kier molecular flexibility index (Phi) is 1.38. The van der Waals surface area contributed by atoms with E-state index in [0.717, 1.165) is 10.9 Å². The van der Waals surface area contributed by atoms with Crippen LogP contribution in [0.2, 0.25) is 0 Å². The minimum atomic E-state index is 0.975. The highest BCUT2D eigenvalue weighted by Gasteiger charge is 2.03. The molecule has 1 heteroatoms. The molecule has 0 heterocycles. The topological polar surface area (TPSA) is 0 Å². The lowest BCUT2D eigenvalue weighted by molar-refractivity contribution is 1.28. The van der Waals surface area contributed by atoms with Crippen LogP contribution < -0.4 is 0 Å². The van der Waals surface area contributed by atoms with Gasteiger partial charge >= 0.3 is 0 Å². The third-order valence-electron chi connectivity index (χ3n) is 1.66. The zero-order valence-electron chi connectivity index (χ0n) is 5.39. The molecule has 49 valence electrons. The van der Waals surface area contributed by atoms with E-state index in [1.165, 1.54) is 11.1 Å². The largest absolute Gasteiger partial charge is 0.0570 e. The number of fused-ring (bicyclic) bond motifs is 1. The first-order chi connectivity index (χ1) is 4.86. The second-order valence-electron chi connectivity index (χ2n) is 2.37. The van der Waals surface area contributed by atoms with Crippen LogP contribution >= 0.6 is 15.9 Å². The lowest BCUT2D eigenvalue weighted by Gasteiger charge is -1.96. The first-order valence-electron chi connectivity index (χ1n) is 3.21. The van der Waals surface area contributed by atoms with E-state index in [9.17, 15) is 0 Å². The van der Waals surface area contributed by atoms with E-state index in [0.29, 0.717) is 0 Å². The molecule has 2 rings (SSSR count). The quantitative estimate of drug-likeness (QED) is 0.595. The predicted octanol–water partition coefficient (Wildman–Crippen LogP) is 2.82. The van der Waals surface area contributed by atoms with Crippen molar-refractivity contribution in [1.29, 1.82) is 0 Å². The summed E-state index contributed by atoms with van der Waals surface area (Å²) in [7, 11) is 0. The number of benzene rings is 1. The highest BCUT2D eigenvalue weighted by molar-refractivity contribution is 9.10. The number of halogens is 1. The van der Waals surface area contributed by atoms with Gasteiger partial charge in [-0.3, -0.25) is 0 Å². The van der Waals surface area contributed by atoms with Crippen LogP contribution in [0.15, 0.2) is 22.7 Å². The smallest absolute Gasteiger partial charge is 0.0181 e. The van der Waals surface area contributed by atoms with Gasteiger partial charge in [0.1, 0.15) is 0 Å². The highest BCUT2D eigenvalue weighted by atomic mass is 79.9. The number of hydrogen-bond acceptors (Lipinski definition) is 0. The molecule has 1 radical (unpaired) electrons. The maximum absolute atomic E-state index is 3.42. The van der Waals surface area contributed by atoms with Crippen molar-refractivity contribution in [2.24, 2.45) is 0 Å². The maximum atomic E-state index is 3.42. The third kappa shape index (κ3) is 0.907. The molecule has 1 aromatic rings. The van der Waals surface area contributed by atoms with Gasteiger partial charge in [0, 0.05) is 4.47 Å². The van der Waals surface area contributed by atoms with Crippen molar-refractivity contribution >= 4 is 22.0 Å². The van der Waals surface area contributed by atoms with E-state index >= 15 is 0 Å². The number of allylic oxidation sites excluding steroid dienone is 1. The fraction of sp³-hybridized carbons (Fsp3) is 0.111. The molecule has 1 aliphatic carbocycles. The van der Waals surface area contributed by atoms with Gasteiger partial charge in [0.25, 0.3) is 0 Å². The van der Waals surface area contributed by atoms with Crippen molar-refractivity contribution in [2.75, 3.05) is 0 Å². The molecule has 0 bridgehead atoms. The van der Waals surface area contributed by atoms with E-state index in [1.807, 2.05) is 6.08 Å². The number of rotatable bonds is 0. The van der Waals surface area contributed by atoms with Crippen LogP contribution in [0.5, 0.6) is 0 Å². The second kappa shape index (κ2) is 2.24. The summed E-state index contributed by atoms with van der Waals surface area (Å²) in [5, 5.41) is 0. The zero-order valence-corrected chi connectivity index (χ0v) is 6.98. The highest BCUT2D eigenvalue weighted by Crippen LogP contribution is 2.22. The summed E-state index contributed by atoms with van der Waals surface area (Å²) in [5.41, 5.74) is 2.68. The van der Waals surface area contributed by atoms with Crippen molar-refractivity contribution in [2.45, 2.75) is 6.42 Å². The molecule has 0 nitrogen and oxygen atoms in total. The molecule has 0 saturated carbocycles. The van der Waals surface area contributed by atoms with Gasteiger partial charge in [0.05, 0.1) is 0 Å². The van der Waals surface area contributed by atoms with Gasteiger partial charge in [-0.05, 0) is 35.8 Å². The van der Waals surface area contributed by atoms with Crippen LogP contribution in [0.3, 0.4) is 0 Å². The van der Waals surface area contributed by atoms with Gasteiger partial charge < -0.3 is 0 Å². The van der Waals surface area contributed by atoms with Crippen LogP contribution in [0, 0.1) is 6.08 Å². The fourth-order valence-electron chi connectivity index (χ4n) is 1.13. The maximum Gasteiger partial charge on any atom is 0.0181 e. The average molecular weight is 194 g/mol. The van der Waals surface area contributed by atoms with Crippen LogP contribution in [0.4, 0.5) is 0 Å². The Morgan fingerprint density at radius 2 is 2.30 bits per heavy atom. The van der Waals surface area contributed by atoms with Gasteiger partial charge in [-0.1, -0.05) is 28.1 Å². The monoisotopic (exact) mass is 193 g/mol. The van der Waals surface area contributed by atoms with Crippen molar-refractivity contribution < 1.29 is 0 Å². The van der Waals surface area contributed by atoms with Crippen LogP contribution in [0.1, 0.15) is 11.1 Å². The van der Waals surface area contributed by atoms with Crippen LogP contribution in [-0.4, -0.2) is 0 Å². The Morgan fingerprint density at radius 1 is 1.40 bits per heavy atom. The zero-order chi connectivity index (χ0) is 6.97. The average Bonchev–Trinajstić information content (AvgIpc) is 2.33. The molecule has 0 saturated heterocycles. The first-order valence-corrected chi connectivity index (χ1v) is 4.00. The minimum Gasteiger partial charge on any atom is -0.0570 e. The predicted molar refractivity (Wildman–Crippen MR) is 45.6 cm³/mol. The number of hydrogen-bond donors (Lipinski definition) is 0. The van der Waals surface area contributed by atoms with Gasteiger partial charge in [-0.2, -0.15) is 0 Å². The molecule has 0 N–H and O–H groups in total. The van der Waals surface area contributed by atoms with Crippen molar-refractivity contribution in [3.8, 4) is 0 Å². The molecule has 10 heavy (non-hydrogen) atoms.